The molecule has 1 aliphatic heterocycles. The molecule has 3 atom stereocenters. The maximum atomic E-state index is 11.3. The van der Waals surface area contributed by atoms with E-state index >= 15 is 0 Å². The van der Waals surface area contributed by atoms with Crippen LogP contribution in [0.15, 0.2) is 0 Å². The lowest BCUT2D eigenvalue weighted by Crippen LogP contribution is -2.51. The number of nitrogens with zero attached hydrogens (tertiary/aromatic N) is 1. The molecule has 0 bridgehead atoms. The van der Waals surface area contributed by atoms with Crippen molar-refractivity contribution in [1.29, 1.82) is 0 Å². The number of aliphatic hydroxyl groups is 2. The minimum absolute atomic E-state index is 0.416. The van der Waals surface area contributed by atoms with E-state index in [4.69, 9.17) is 0 Å². The first kappa shape index (κ1) is 12.8. The van der Waals surface area contributed by atoms with E-state index in [1.54, 1.807) is 13.8 Å². The van der Waals surface area contributed by atoms with Crippen molar-refractivity contribution in [1.82, 2.24) is 10.2 Å². The largest absolute Gasteiger partial charge is 0.480 e. The van der Waals surface area contributed by atoms with Crippen molar-refractivity contribution in [2.45, 2.75) is 57.3 Å². The lowest BCUT2D eigenvalue weighted by Gasteiger charge is -2.31. The highest BCUT2D eigenvalue weighted by atomic mass is 16.4. The third kappa shape index (κ3) is 2.44. The Balaban J connectivity index is 2.14. The van der Waals surface area contributed by atoms with E-state index in [-0.39, 0.29) is 0 Å². The zero-order valence-corrected chi connectivity index (χ0v) is 10.1. The number of hydrogen-bond donors (Lipinski definition) is 4. The second kappa shape index (κ2) is 4.20. The van der Waals surface area contributed by atoms with E-state index in [9.17, 15) is 20.1 Å². The first-order valence-corrected chi connectivity index (χ1v) is 5.97. The van der Waals surface area contributed by atoms with E-state index in [0.717, 1.165) is 12.8 Å². The molecule has 6 nitrogen and oxygen atoms in total. The average Bonchev–Trinajstić information content (AvgIpc) is 2.95. The minimum Gasteiger partial charge on any atom is -0.480 e. The monoisotopic (exact) mass is 244 g/mol. The van der Waals surface area contributed by atoms with Crippen molar-refractivity contribution in [3.05, 3.63) is 0 Å². The highest BCUT2D eigenvalue weighted by Gasteiger charge is 2.50. The summed E-state index contributed by atoms with van der Waals surface area (Å²) < 4.78 is 0. The molecule has 6 heteroatoms. The maximum absolute atomic E-state index is 11.3. The fourth-order valence-corrected chi connectivity index (χ4v) is 2.35. The molecule has 2 aliphatic rings. The quantitative estimate of drug-likeness (QED) is 0.533. The molecule has 0 aromatic carbocycles. The molecule has 1 heterocycles. The molecule has 1 aliphatic carbocycles. The van der Waals surface area contributed by atoms with Gasteiger partial charge in [-0.25, -0.2) is 4.90 Å². The van der Waals surface area contributed by atoms with Gasteiger partial charge in [0.25, 0.3) is 0 Å². The van der Waals surface area contributed by atoms with Gasteiger partial charge in [0.2, 0.25) is 0 Å². The summed E-state index contributed by atoms with van der Waals surface area (Å²) in [5, 5.41) is 31.9. The molecule has 0 unspecified atom stereocenters. The summed E-state index contributed by atoms with van der Waals surface area (Å²) in [6, 6.07) is -0.832. The fourth-order valence-electron chi connectivity index (χ4n) is 2.35. The van der Waals surface area contributed by atoms with Gasteiger partial charge in [0.05, 0.1) is 5.54 Å². The number of aliphatic hydroxyl groups excluding tert-OH is 2. The summed E-state index contributed by atoms with van der Waals surface area (Å²) in [5.74, 6) is -0.575. The Labute approximate surface area is 100 Å². The number of carbonyl (C=O) groups is 1. The van der Waals surface area contributed by atoms with Crippen molar-refractivity contribution < 1.29 is 20.1 Å². The van der Waals surface area contributed by atoms with Crippen molar-refractivity contribution in [3.8, 4) is 0 Å². The Morgan fingerprint density at radius 2 is 2.06 bits per heavy atom. The number of nitrogens with one attached hydrogen (secondary N) is 1. The van der Waals surface area contributed by atoms with E-state index in [1.807, 2.05) is 0 Å². The van der Waals surface area contributed by atoms with Crippen LogP contribution in [0.3, 0.4) is 0 Å². The summed E-state index contributed by atoms with van der Waals surface area (Å²) in [5.41, 5.74) is -0.712. The molecule has 98 valence electrons. The van der Waals surface area contributed by atoms with Gasteiger partial charge in [-0.05, 0) is 26.2 Å². The highest BCUT2D eigenvalue weighted by molar-refractivity contribution is 5.73. The molecule has 1 saturated carbocycles. The van der Waals surface area contributed by atoms with Crippen LogP contribution in [0.4, 0.5) is 0 Å². The van der Waals surface area contributed by atoms with Crippen LogP contribution in [0.1, 0.15) is 33.1 Å². The molecule has 2 rings (SSSR count). The van der Waals surface area contributed by atoms with Crippen LogP contribution in [0, 0.1) is 5.92 Å². The SMILES string of the molecule is CC1(C)N[C@H](O)N([C@@H](CC2CC2)C(=O)O)[C@H]1O. The molecule has 0 aromatic rings. The fraction of sp³-hybridized carbons (Fsp3) is 0.909. The number of carboxylic acids is 1. The van der Waals surface area contributed by atoms with Crippen LogP contribution in [0.25, 0.3) is 0 Å². The number of rotatable bonds is 4. The third-order valence-corrected chi connectivity index (χ3v) is 3.61. The van der Waals surface area contributed by atoms with Crippen molar-refractivity contribution in [3.63, 3.8) is 0 Å². The second-order valence-electron chi connectivity index (χ2n) is 5.59. The predicted molar refractivity (Wildman–Crippen MR) is 59.8 cm³/mol. The van der Waals surface area contributed by atoms with Gasteiger partial charge in [0.15, 0.2) is 6.35 Å². The normalized spacial score (nSPS) is 34.8. The molecule has 2 fully saturated rings. The van der Waals surface area contributed by atoms with Crippen LogP contribution in [0.2, 0.25) is 0 Å². The van der Waals surface area contributed by atoms with Gasteiger partial charge in [-0.2, -0.15) is 0 Å². The Morgan fingerprint density at radius 1 is 1.47 bits per heavy atom. The zero-order chi connectivity index (χ0) is 12.8. The second-order valence-corrected chi connectivity index (χ2v) is 5.59. The maximum Gasteiger partial charge on any atom is 0.321 e. The molecule has 17 heavy (non-hydrogen) atoms. The Kier molecular flexibility index (Phi) is 3.15. The molecule has 0 spiro atoms. The van der Waals surface area contributed by atoms with Gasteiger partial charge in [0.1, 0.15) is 12.3 Å². The smallest absolute Gasteiger partial charge is 0.321 e. The standard InChI is InChI=1S/C11H20N2O4/c1-11(2)9(16)13(10(17)12-11)7(8(14)15)5-6-3-4-6/h6-7,9-10,12,16-17H,3-5H2,1-2H3,(H,14,15)/t7-,9-,10-/m0/s1. The van der Waals surface area contributed by atoms with Gasteiger partial charge in [0, 0.05) is 0 Å². The first-order valence-electron chi connectivity index (χ1n) is 5.97. The molecular formula is C11H20N2O4. The predicted octanol–water partition coefficient (Wildman–Crippen LogP) is -0.482. The lowest BCUT2D eigenvalue weighted by molar-refractivity contribution is -0.157. The number of carboxylic acid groups (broad SMARTS) is 1. The zero-order valence-electron chi connectivity index (χ0n) is 10.1. The number of aliphatic carboxylic acids is 1. The summed E-state index contributed by atoms with van der Waals surface area (Å²) >= 11 is 0. The van der Waals surface area contributed by atoms with E-state index in [1.165, 1.54) is 4.90 Å². The summed E-state index contributed by atoms with van der Waals surface area (Å²) in [4.78, 5) is 12.5. The number of hydrogen-bond acceptors (Lipinski definition) is 5. The van der Waals surface area contributed by atoms with E-state index in [0.29, 0.717) is 12.3 Å². The Morgan fingerprint density at radius 3 is 2.41 bits per heavy atom. The summed E-state index contributed by atoms with van der Waals surface area (Å²) in [7, 11) is 0. The van der Waals surface area contributed by atoms with Gasteiger partial charge in [-0.3, -0.25) is 10.1 Å². The van der Waals surface area contributed by atoms with Crippen LogP contribution < -0.4 is 5.32 Å². The Bertz CT molecular complexity index is 317. The minimum atomic E-state index is -1.11. The van der Waals surface area contributed by atoms with Gasteiger partial charge < -0.3 is 15.3 Å². The van der Waals surface area contributed by atoms with Gasteiger partial charge in [-0.15, -0.1) is 0 Å². The van der Waals surface area contributed by atoms with Crippen LogP contribution >= 0.6 is 0 Å². The molecule has 0 radical (unpaired) electrons. The molecule has 0 aromatic heterocycles. The van der Waals surface area contributed by atoms with Crippen LogP contribution in [-0.4, -0.2) is 50.3 Å². The van der Waals surface area contributed by atoms with Gasteiger partial charge in [-0.1, -0.05) is 12.8 Å². The Hall–Kier alpha value is -0.690. The molecule has 1 saturated heterocycles. The third-order valence-electron chi connectivity index (χ3n) is 3.61. The van der Waals surface area contributed by atoms with E-state index < -0.39 is 30.1 Å². The van der Waals surface area contributed by atoms with E-state index in [2.05, 4.69) is 5.32 Å². The van der Waals surface area contributed by atoms with Crippen molar-refractivity contribution >= 4 is 5.97 Å². The molecular weight excluding hydrogens is 224 g/mol. The van der Waals surface area contributed by atoms with Crippen molar-refractivity contribution in [2.75, 3.05) is 0 Å². The molecule has 0 amide bonds. The first-order chi connectivity index (χ1) is 7.83. The highest BCUT2D eigenvalue weighted by Crippen LogP contribution is 2.37. The van der Waals surface area contributed by atoms with Crippen LogP contribution in [0.5, 0.6) is 0 Å². The lowest BCUT2D eigenvalue weighted by atomic mass is 10.0. The van der Waals surface area contributed by atoms with Crippen molar-refractivity contribution in [2.24, 2.45) is 5.92 Å². The summed E-state index contributed by atoms with van der Waals surface area (Å²) in [6.07, 6.45) is 0.458. The topological polar surface area (TPSA) is 93.0 Å². The van der Waals surface area contributed by atoms with Crippen LogP contribution in [-0.2, 0) is 4.79 Å². The molecule has 4 N–H and O–H groups in total. The average molecular weight is 244 g/mol. The van der Waals surface area contributed by atoms with Gasteiger partial charge >= 0.3 is 5.97 Å². The summed E-state index contributed by atoms with van der Waals surface area (Å²) in [6.45, 7) is 3.47.